The summed E-state index contributed by atoms with van der Waals surface area (Å²) in [7, 11) is 1.70. The molecule has 1 fully saturated rings. The Kier molecular flexibility index (Phi) is 4.59. The second-order valence-electron chi connectivity index (χ2n) is 3.68. The minimum absolute atomic E-state index is 0.0937. The van der Waals surface area contributed by atoms with Crippen molar-refractivity contribution in [2.75, 3.05) is 20.1 Å². The number of piperidine rings is 1. The van der Waals surface area contributed by atoms with E-state index in [-0.39, 0.29) is 11.9 Å². The zero-order chi connectivity index (χ0) is 10.4. The Morgan fingerprint density at radius 2 is 2.07 bits per heavy atom. The second kappa shape index (κ2) is 5.75. The quantitative estimate of drug-likeness (QED) is 0.655. The fourth-order valence-corrected chi connectivity index (χ4v) is 1.68. The standard InChI is InChI=1S/C10H18N2O2/c1-11-9(8-13)7-10(14)12-5-3-2-4-6-12/h8-9,11H,2-7H2,1H3. The molecular weight excluding hydrogens is 180 g/mol. The lowest BCUT2D eigenvalue weighted by Crippen LogP contribution is -2.40. The summed E-state index contributed by atoms with van der Waals surface area (Å²) in [5.74, 6) is 0.0937. The smallest absolute Gasteiger partial charge is 0.224 e. The van der Waals surface area contributed by atoms with E-state index in [0.717, 1.165) is 32.2 Å². The maximum absolute atomic E-state index is 11.7. The summed E-state index contributed by atoms with van der Waals surface area (Å²) in [5.41, 5.74) is 0. The molecule has 0 spiro atoms. The lowest BCUT2D eigenvalue weighted by atomic mass is 10.1. The molecule has 0 aromatic rings. The molecule has 1 saturated heterocycles. The monoisotopic (exact) mass is 198 g/mol. The predicted octanol–water partition coefficient (Wildman–Crippen LogP) is 0.176. The van der Waals surface area contributed by atoms with Gasteiger partial charge in [-0.1, -0.05) is 0 Å². The second-order valence-corrected chi connectivity index (χ2v) is 3.68. The molecule has 14 heavy (non-hydrogen) atoms. The van der Waals surface area contributed by atoms with Gasteiger partial charge in [0.2, 0.25) is 5.91 Å². The molecule has 4 nitrogen and oxygen atoms in total. The molecule has 1 amide bonds. The van der Waals surface area contributed by atoms with Crippen LogP contribution in [0.2, 0.25) is 0 Å². The first-order chi connectivity index (χ1) is 6.77. The summed E-state index contributed by atoms with van der Waals surface area (Å²) in [6.45, 7) is 1.71. The molecule has 0 bridgehead atoms. The van der Waals surface area contributed by atoms with E-state index in [1.54, 1.807) is 7.05 Å². The maximum Gasteiger partial charge on any atom is 0.224 e. The van der Waals surface area contributed by atoms with Crippen molar-refractivity contribution in [1.29, 1.82) is 0 Å². The summed E-state index contributed by atoms with van der Waals surface area (Å²) in [4.78, 5) is 24.0. The largest absolute Gasteiger partial charge is 0.343 e. The average Bonchev–Trinajstić information content (AvgIpc) is 2.26. The third kappa shape index (κ3) is 3.10. The number of carbonyl (C=O) groups is 2. The van der Waals surface area contributed by atoms with Crippen LogP contribution in [0.5, 0.6) is 0 Å². The van der Waals surface area contributed by atoms with Gasteiger partial charge in [0.15, 0.2) is 0 Å². The number of hydrogen-bond donors (Lipinski definition) is 1. The first-order valence-corrected chi connectivity index (χ1v) is 5.18. The minimum atomic E-state index is -0.329. The van der Waals surface area contributed by atoms with Gasteiger partial charge < -0.3 is 15.0 Å². The molecule has 0 saturated carbocycles. The Hall–Kier alpha value is -0.900. The Labute approximate surface area is 84.7 Å². The van der Waals surface area contributed by atoms with Crippen molar-refractivity contribution in [3.8, 4) is 0 Å². The van der Waals surface area contributed by atoms with Crippen molar-refractivity contribution >= 4 is 12.2 Å². The third-order valence-electron chi connectivity index (χ3n) is 2.64. The number of likely N-dealkylation sites (N-methyl/N-ethyl adjacent to an activating group) is 1. The van der Waals surface area contributed by atoms with E-state index in [2.05, 4.69) is 5.32 Å². The van der Waals surface area contributed by atoms with Gasteiger partial charge in [-0.3, -0.25) is 4.79 Å². The molecule has 0 aromatic heterocycles. The summed E-state index contributed by atoms with van der Waals surface area (Å²) < 4.78 is 0. The number of aldehydes is 1. The van der Waals surface area contributed by atoms with E-state index >= 15 is 0 Å². The van der Waals surface area contributed by atoms with Crippen molar-refractivity contribution in [3.63, 3.8) is 0 Å². The first kappa shape index (κ1) is 11.2. The van der Waals surface area contributed by atoms with Gasteiger partial charge in [-0.2, -0.15) is 0 Å². The van der Waals surface area contributed by atoms with Gasteiger partial charge in [0.25, 0.3) is 0 Å². The lowest BCUT2D eigenvalue weighted by molar-refractivity contribution is -0.133. The topological polar surface area (TPSA) is 49.4 Å². The van der Waals surface area contributed by atoms with E-state index in [0.29, 0.717) is 6.42 Å². The Bertz CT molecular complexity index is 200. The van der Waals surface area contributed by atoms with Crippen molar-refractivity contribution in [2.24, 2.45) is 0 Å². The molecule has 1 unspecified atom stereocenters. The summed E-state index contributed by atoms with van der Waals surface area (Å²) in [5, 5.41) is 2.81. The normalized spacial score (nSPS) is 19.1. The van der Waals surface area contributed by atoms with Crippen LogP contribution >= 0.6 is 0 Å². The van der Waals surface area contributed by atoms with Gasteiger partial charge in [-0.15, -0.1) is 0 Å². The Balaban J connectivity index is 2.35. The number of nitrogens with zero attached hydrogens (tertiary/aromatic N) is 1. The van der Waals surface area contributed by atoms with Crippen LogP contribution in [0.3, 0.4) is 0 Å². The van der Waals surface area contributed by atoms with Crippen molar-refractivity contribution in [2.45, 2.75) is 31.7 Å². The third-order valence-corrected chi connectivity index (χ3v) is 2.64. The zero-order valence-corrected chi connectivity index (χ0v) is 8.66. The molecule has 1 rings (SSSR count). The van der Waals surface area contributed by atoms with E-state index < -0.39 is 0 Å². The molecule has 0 aromatic carbocycles. The fourth-order valence-electron chi connectivity index (χ4n) is 1.68. The van der Waals surface area contributed by atoms with Crippen LogP contribution in [-0.2, 0) is 9.59 Å². The van der Waals surface area contributed by atoms with Gasteiger partial charge in [0, 0.05) is 19.5 Å². The fraction of sp³-hybridized carbons (Fsp3) is 0.800. The van der Waals surface area contributed by atoms with Gasteiger partial charge >= 0.3 is 0 Å². The lowest BCUT2D eigenvalue weighted by Gasteiger charge is -2.27. The van der Waals surface area contributed by atoms with Crippen LogP contribution in [0, 0.1) is 0 Å². The number of carbonyl (C=O) groups excluding carboxylic acids is 2. The van der Waals surface area contributed by atoms with Crippen LogP contribution in [-0.4, -0.2) is 43.3 Å². The first-order valence-electron chi connectivity index (χ1n) is 5.18. The summed E-state index contributed by atoms with van der Waals surface area (Å²) >= 11 is 0. The highest BCUT2D eigenvalue weighted by molar-refractivity contribution is 5.80. The Morgan fingerprint density at radius 1 is 1.43 bits per heavy atom. The summed E-state index contributed by atoms with van der Waals surface area (Å²) in [6, 6.07) is -0.329. The van der Waals surface area contributed by atoms with E-state index in [1.807, 2.05) is 4.90 Å². The maximum atomic E-state index is 11.7. The van der Waals surface area contributed by atoms with E-state index in [9.17, 15) is 9.59 Å². The number of rotatable bonds is 4. The minimum Gasteiger partial charge on any atom is -0.343 e. The zero-order valence-electron chi connectivity index (χ0n) is 8.66. The molecule has 0 aliphatic carbocycles. The predicted molar refractivity (Wildman–Crippen MR) is 54.0 cm³/mol. The van der Waals surface area contributed by atoms with Crippen LogP contribution in [0.1, 0.15) is 25.7 Å². The molecular formula is C10H18N2O2. The number of nitrogens with one attached hydrogen (secondary N) is 1. The van der Waals surface area contributed by atoms with Gasteiger partial charge in [0.1, 0.15) is 6.29 Å². The Morgan fingerprint density at radius 3 is 2.57 bits per heavy atom. The van der Waals surface area contributed by atoms with Crippen molar-refractivity contribution in [3.05, 3.63) is 0 Å². The van der Waals surface area contributed by atoms with Crippen molar-refractivity contribution in [1.82, 2.24) is 10.2 Å². The number of hydrogen-bond acceptors (Lipinski definition) is 3. The molecule has 0 radical (unpaired) electrons. The molecule has 1 N–H and O–H groups in total. The van der Waals surface area contributed by atoms with E-state index in [1.165, 1.54) is 6.42 Å². The molecule has 4 heteroatoms. The van der Waals surface area contributed by atoms with Gasteiger partial charge in [-0.05, 0) is 26.3 Å². The van der Waals surface area contributed by atoms with Crippen molar-refractivity contribution < 1.29 is 9.59 Å². The average molecular weight is 198 g/mol. The molecule has 1 heterocycles. The number of likely N-dealkylation sites (tertiary alicyclic amines) is 1. The number of amides is 1. The molecule has 1 atom stereocenters. The highest BCUT2D eigenvalue weighted by Crippen LogP contribution is 2.10. The van der Waals surface area contributed by atoms with Gasteiger partial charge in [0.05, 0.1) is 6.04 Å². The van der Waals surface area contributed by atoms with Crippen LogP contribution in [0.15, 0.2) is 0 Å². The highest BCUT2D eigenvalue weighted by atomic mass is 16.2. The van der Waals surface area contributed by atoms with Crippen LogP contribution in [0.25, 0.3) is 0 Å². The van der Waals surface area contributed by atoms with Crippen LogP contribution < -0.4 is 5.32 Å². The van der Waals surface area contributed by atoms with Gasteiger partial charge in [-0.25, -0.2) is 0 Å². The summed E-state index contributed by atoms with van der Waals surface area (Å²) in [6.07, 6.45) is 4.49. The molecule has 1 aliphatic heterocycles. The molecule has 80 valence electrons. The molecule has 1 aliphatic rings. The van der Waals surface area contributed by atoms with Crippen LogP contribution in [0.4, 0.5) is 0 Å². The highest BCUT2D eigenvalue weighted by Gasteiger charge is 2.19. The SMILES string of the molecule is CNC(C=O)CC(=O)N1CCCCC1. The van der Waals surface area contributed by atoms with E-state index in [4.69, 9.17) is 0 Å².